The van der Waals surface area contributed by atoms with Crippen LogP contribution in [0.2, 0.25) is 0 Å². The summed E-state index contributed by atoms with van der Waals surface area (Å²) in [5.74, 6) is 1.48. The van der Waals surface area contributed by atoms with Gasteiger partial charge in [-0.05, 0) is 54.8 Å². The van der Waals surface area contributed by atoms with Gasteiger partial charge in [-0.25, -0.2) is 4.68 Å². The van der Waals surface area contributed by atoms with Gasteiger partial charge >= 0.3 is 0 Å². The van der Waals surface area contributed by atoms with Crippen LogP contribution in [-0.4, -0.2) is 45.3 Å². The Bertz CT molecular complexity index is 1320. The fraction of sp³-hybridized carbons (Fsp3) is 0.222. The van der Waals surface area contributed by atoms with Gasteiger partial charge in [-0.3, -0.25) is 9.78 Å². The van der Waals surface area contributed by atoms with E-state index >= 15 is 0 Å². The maximum Gasteiger partial charge on any atom is 0.258 e. The highest BCUT2D eigenvalue weighted by molar-refractivity contribution is 6.00. The van der Waals surface area contributed by atoms with Crippen LogP contribution in [0.4, 0.5) is 0 Å². The highest BCUT2D eigenvalue weighted by Crippen LogP contribution is 2.39. The predicted molar refractivity (Wildman–Crippen MR) is 127 cm³/mol. The number of rotatable bonds is 4. The molecule has 170 valence electrons. The maximum atomic E-state index is 14.0. The molecule has 4 aromatic rings. The molecule has 2 aromatic heterocycles. The van der Waals surface area contributed by atoms with Crippen molar-refractivity contribution in [3.05, 3.63) is 90.4 Å². The van der Waals surface area contributed by atoms with Crippen molar-refractivity contribution in [2.75, 3.05) is 19.8 Å². The van der Waals surface area contributed by atoms with E-state index in [0.29, 0.717) is 31.0 Å². The minimum absolute atomic E-state index is 0.0230. The minimum atomic E-state index is -0.0292. The first-order valence-corrected chi connectivity index (χ1v) is 11.5. The van der Waals surface area contributed by atoms with E-state index in [1.807, 2.05) is 71.8 Å². The number of pyridine rings is 1. The molecule has 0 aliphatic carbocycles. The van der Waals surface area contributed by atoms with Gasteiger partial charge in [-0.2, -0.15) is 5.10 Å². The van der Waals surface area contributed by atoms with Crippen molar-refractivity contribution in [2.24, 2.45) is 0 Å². The van der Waals surface area contributed by atoms with Crippen LogP contribution in [0.1, 0.15) is 34.8 Å². The number of aromatic nitrogens is 3. The Kier molecular flexibility index (Phi) is 5.22. The molecule has 7 heteroatoms. The normalized spacial score (nSPS) is 17.1. The van der Waals surface area contributed by atoms with E-state index in [2.05, 4.69) is 4.98 Å². The average Bonchev–Trinajstić information content (AvgIpc) is 3.57. The SMILES string of the molecule is O=C(c1cn(-c2ccccc2)nc1-c1cccnc1)N1CCCC1c1ccc2c(c1)OCCO2. The number of ether oxygens (including phenoxy) is 2. The summed E-state index contributed by atoms with van der Waals surface area (Å²) in [7, 11) is 0. The van der Waals surface area contributed by atoms with Crippen molar-refractivity contribution in [2.45, 2.75) is 18.9 Å². The Morgan fingerprint density at radius 3 is 2.65 bits per heavy atom. The van der Waals surface area contributed by atoms with Gasteiger partial charge < -0.3 is 14.4 Å². The smallest absolute Gasteiger partial charge is 0.258 e. The fourth-order valence-corrected chi connectivity index (χ4v) is 4.74. The molecule has 0 spiro atoms. The third-order valence-electron chi connectivity index (χ3n) is 6.37. The Labute approximate surface area is 197 Å². The quantitative estimate of drug-likeness (QED) is 0.450. The van der Waals surface area contributed by atoms with Gasteiger partial charge in [-0.15, -0.1) is 0 Å². The lowest BCUT2D eigenvalue weighted by molar-refractivity contribution is 0.0736. The molecule has 2 aliphatic heterocycles. The average molecular weight is 453 g/mol. The van der Waals surface area contributed by atoms with E-state index in [0.717, 1.165) is 41.2 Å². The second kappa shape index (κ2) is 8.67. The number of para-hydroxylation sites is 1. The Morgan fingerprint density at radius 1 is 0.971 bits per heavy atom. The molecule has 7 nitrogen and oxygen atoms in total. The number of hydrogen-bond acceptors (Lipinski definition) is 5. The molecule has 34 heavy (non-hydrogen) atoms. The summed E-state index contributed by atoms with van der Waals surface area (Å²) in [6, 6.07) is 19.6. The third-order valence-corrected chi connectivity index (χ3v) is 6.37. The Hall–Kier alpha value is -4.13. The molecule has 1 amide bonds. The van der Waals surface area contributed by atoms with Crippen LogP contribution in [0.25, 0.3) is 16.9 Å². The molecule has 1 saturated heterocycles. The summed E-state index contributed by atoms with van der Waals surface area (Å²) in [5, 5.41) is 4.79. The number of likely N-dealkylation sites (tertiary alicyclic amines) is 1. The lowest BCUT2D eigenvalue weighted by Gasteiger charge is -2.26. The molecule has 1 fully saturated rings. The minimum Gasteiger partial charge on any atom is -0.486 e. The van der Waals surface area contributed by atoms with Gasteiger partial charge in [-0.1, -0.05) is 24.3 Å². The molecular weight excluding hydrogens is 428 g/mol. The summed E-state index contributed by atoms with van der Waals surface area (Å²) < 4.78 is 13.2. The van der Waals surface area contributed by atoms with Crippen LogP contribution < -0.4 is 9.47 Å². The largest absolute Gasteiger partial charge is 0.486 e. The van der Waals surface area contributed by atoms with Gasteiger partial charge in [0, 0.05) is 30.7 Å². The van der Waals surface area contributed by atoms with Crippen molar-refractivity contribution >= 4 is 5.91 Å². The number of benzene rings is 2. The standard InChI is InChI=1S/C27H24N4O3/c32-27(30-13-5-9-23(30)19-10-11-24-25(16-19)34-15-14-33-24)22-18-31(21-7-2-1-3-8-21)29-26(22)20-6-4-12-28-17-20/h1-4,6-8,10-12,16-18,23H,5,9,13-15H2. The molecule has 4 heterocycles. The van der Waals surface area contributed by atoms with Gasteiger partial charge in [0.25, 0.3) is 5.91 Å². The first-order valence-electron chi connectivity index (χ1n) is 11.5. The molecule has 0 bridgehead atoms. The van der Waals surface area contributed by atoms with Crippen molar-refractivity contribution < 1.29 is 14.3 Å². The van der Waals surface area contributed by atoms with Crippen LogP contribution in [0.3, 0.4) is 0 Å². The summed E-state index contributed by atoms with van der Waals surface area (Å²) in [4.78, 5) is 20.2. The van der Waals surface area contributed by atoms with Crippen molar-refractivity contribution in [3.8, 4) is 28.4 Å². The highest BCUT2D eigenvalue weighted by Gasteiger charge is 2.34. The number of hydrogen-bond donors (Lipinski definition) is 0. The lowest BCUT2D eigenvalue weighted by atomic mass is 10.0. The summed E-state index contributed by atoms with van der Waals surface area (Å²) in [6.45, 7) is 1.79. The second-order valence-corrected chi connectivity index (χ2v) is 8.47. The van der Waals surface area contributed by atoms with Crippen LogP contribution >= 0.6 is 0 Å². The topological polar surface area (TPSA) is 69.5 Å². The van der Waals surface area contributed by atoms with Gasteiger partial charge in [0.1, 0.15) is 18.9 Å². The zero-order valence-corrected chi connectivity index (χ0v) is 18.6. The zero-order valence-electron chi connectivity index (χ0n) is 18.6. The monoisotopic (exact) mass is 452 g/mol. The second-order valence-electron chi connectivity index (χ2n) is 8.47. The number of fused-ring (bicyclic) bond motifs is 1. The van der Waals surface area contributed by atoms with Crippen LogP contribution in [0, 0.1) is 0 Å². The third kappa shape index (κ3) is 3.69. The molecule has 1 unspecified atom stereocenters. The first kappa shape index (κ1) is 20.5. The predicted octanol–water partition coefficient (Wildman–Crippen LogP) is 4.68. The molecular formula is C27H24N4O3. The number of amides is 1. The molecule has 1 atom stereocenters. The number of carbonyl (C=O) groups is 1. The molecule has 2 aliphatic rings. The summed E-state index contributed by atoms with van der Waals surface area (Å²) in [6.07, 6.45) is 7.15. The van der Waals surface area contributed by atoms with Gasteiger partial charge in [0.2, 0.25) is 0 Å². The van der Waals surface area contributed by atoms with E-state index in [-0.39, 0.29) is 11.9 Å². The summed E-state index contributed by atoms with van der Waals surface area (Å²) >= 11 is 0. The van der Waals surface area contributed by atoms with Crippen LogP contribution in [0.5, 0.6) is 11.5 Å². The lowest BCUT2D eigenvalue weighted by Crippen LogP contribution is -2.30. The van der Waals surface area contributed by atoms with E-state index in [1.165, 1.54) is 0 Å². The number of carbonyl (C=O) groups excluding carboxylic acids is 1. The zero-order chi connectivity index (χ0) is 22.9. The van der Waals surface area contributed by atoms with Crippen molar-refractivity contribution in [1.82, 2.24) is 19.7 Å². The van der Waals surface area contributed by atoms with Crippen LogP contribution in [0.15, 0.2) is 79.3 Å². The molecule has 2 aromatic carbocycles. The van der Waals surface area contributed by atoms with Crippen molar-refractivity contribution in [3.63, 3.8) is 0 Å². The van der Waals surface area contributed by atoms with Gasteiger partial charge in [0.05, 0.1) is 17.3 Å². The first-order chi connectivity index (χ1) is 16.8. The fourth-order valence-electron chi connectivity index (χ4n) is 4.74. The Morgan fingerprint density at radius 2 is 1.82 bits per heavy atom. The van der Waals surface area contributed by atoms with Crippen molar-refractivity contribution in [1.29, 1.82) is 0 Å². The van der Waals surface area contributed by atoms with Gasteiger partial charge in [0.15, 0.2) is 11.5 Å². The molecule has 0 N–H and O–H groups in total. The van der Waals surface area contributed by atoms with Crippen LogP contribution in [-0.2, 0) is 0 Å². The highest BCUT2D eigenvalue weighted by atomic mass is 16.6. The summed E-state index contributed by atoms with van der Waals surface area (Å²) in [5.41, 5.74) is 3.98. The van der Waals surface area contributed by atoms with E-state index in [4.69, 9.17) is 14.6 Å². The van der Waals surface area contributed by atoms with E-state index < -0.39 is 0 Å². The Balaban J connectivity index is 1.38. The van der Waals surface area contributed by atoms with E-state index in [1.54, 1.807) is 17.1 Å². The molecule has 0 radical (unpaired) electrons. The molecule has 6 rings (SSSR count). The molecule has 0 saturated carbocycles. The maximum absolute atomic E-state index is 14.0. The number of nitrogens with zero attached hydrogens (tertiary/aromatic N) is 4. The van der Waals surface area contributed by atoms with E-state index in [9.17, 15) is 4.79 Å².